The Kier molecular flexibility index (Phi) is 4.45. The molecule has 0 spiro atoms. The lowest BCUT2D eigenvalue weighted by Gasteiger charge is -2.17. The van der Waals surface area contributed by atoms with E-state index in [-0.39, 0.29) is 11.2 Å². The largest absolute Gasteiger partial charge is 0.480 e. The third-order valence-electron chi connectivity index (χ3n) is 2.00. The standard InChI is InChI=1S/C8H16O3S/c1-5(2)6(3)12(11)7(4)8(9)10/h5-7H,1-4H3,(H,9,10). The Balaban J connectivity index is 4.29. The Bertz CT molecular complexity index is 189. The summed E-state index contributed by atoms with van der Waals surface area (Å²) in [5.74, 6) is -0.728. The van der Waals surface area contributed by atoms with Crippen molar-refractivity contribution in [1.82, 2.24) is 0 Å². The lowest BCUT2D eigenvalue weighted by molar-refractivity contribution is -0.136. The molecule has 0 aliphatic carbocycles. The van der Waals surface area contributed by atoms with Gasteiger partial charge in [-0.15, -0.1) is 0 Å². The first-order valence-electron chi connectivity index (χ1n) is 4.00. The predicted octanol–water partition coefficient (Wildman–Crippen LogP) is 1.25. The molecule has 0 saturated carbocycles. The number of aliphatic carboxylic acids is 1. The molecule has 0 rings (SSSR count). The van der Waals surface area contributed by atoms with Crippen molar-refractivity contribution in [2.75, 3.05) is 0 Å². The van der Waals surface area contributed by atoms with E-state index in [0.717, 1.165) is 0 Å². The molecule has 3 atom stereocenters. The number of rotatable bonds is 4. The number of hydrogen-bond donors (Lipinski definition) is 1. The molecule has 0 aliphatic heterocycles. The first kappa shape index (κ1) is 11.6. The molecule has 0 fully saturated rings. The summed E-state index contributed by atoms with van der Waals surface area (Å²) in [5.41, 5.74) is 0. The fraction of sp³-hybridized carbons (Fsp3) is 0.875. The van der Waals surface area contributed by atoms with Crippen LogP contribution in [0.1, 0.15) is 27.7 Å². The molecule has 0 aliphatic rings. The number of carboxylic acids is 1. The van der Waals surface area contributed by atoms with Crippen molar-refractivity contribution in [2.24, 2.45) is 5.92 Å². The summed E-state index contributed by atoms with van der Waals surface area (Å²) in [6.45, 7) is 7.19. The number of carbonyl (C=O) groups is 1. The lowest BCUT2D eigenvalue weighted by Crippen LogP contribution is -2.31. The zero-order valence-electron chi connectivity index (χ0n) is 7.90. The molecule has 0 aromatic heterocycles. The Labute approximate surface area is 75.6 Å². The fourth-order valence-corrected chi connectivity index (χ4v) is 2.07. The van der Waals surface area contributed by atoms with E-state index in [0.29, 0.717) is 0 Å². The van der Waals surface area contributed by atoms with E-state index in [1.165, 1.54) is 6.92 Å². The molecule has 0 aromatic carbocycles. The van der Waals surface area contributed by atoms with Crippen molar-refractivity contribution in [1.29, 1.82) is 0 Å². The minimum absolute atomic E-state index is 0.0592. The summed E-state index contributed by atoms with van der Waals surface area (Å²) in [4.78, 5) is 10.5. The van der Waals surface area contributed by atoms with E-state index in [4.69, 9.17) is 5.11 Å². The van der Waals surface area contributed by atoms with Crippen molar-refractivity contribution < 1.29 is 14.1 Å². The van der Waals surface area contributed by atoms with E-state index < -0.39 is 22.0 Å². The van der Waals surface area contributed by atoms with Crippen LogP contribution in [0, 0.1) is 5.92 Å². The lowest BCUT2D eigenvalue weighted by atomic mass is 10.2. The topological polar surface area (TPSA) is 54.4 Å². The van der Waals surface area contributed by atoms with Crippen LogP contribution in [0.15, 0.2) is 0 Å². The van der Waals surface area contributed by atoms with Crippen molar-refractivity contribution >= 4 is 16.8 Å². The Morgan fingerprint density at radius 2 is 1.67 bits per heavy atom. The highest BCUT2D eigenvalue weighted by Crippen LogP contribution is 2.12. The first-order valence-corrected chi connectivity index (χ1v) is 5.27. The van der Waals surface area contributed by atoms with Crippen LogP contribution in [-0.2, 0) is 15.6 Å². The van der Waals surface area contributed by atoms with Gasteiger partial charge in [0.25, 0.3) is 0 Å². The van der Waals surface area contributed by atoms with Gasteiger partial charge < -0.3 is 5.11 Å². The van der Waals surface area contributed by atoms with Gasteiger partial charge >= 0.3 is 5.97 Å². The van der Waals surface area contributed by atoms with Gasteiger partial charge in [0.05, 0.1) is 0 Å². The van der Waals surface area contributed by atoms with Gasteiger partial charge in [-0.2, -0.15) is 0 Å². The van der Waals surface area contributed by atoms with Crippen LogP contribution in [0.3, 0.4) is 0 Å². The molecular formula is C8H16O3S. The van der Waals surface area contributed by atoms with Crippen LogP contribution in [0.25, 0.3) is 0 Å². The van der Waals surface area contributed by atoms with Gasteiger partial charge in [-0.05, 0) is 12.8 Å². The predicted molar refractivity (Wildman–Crippen MR) is 49.5 cm³/mol. The SMILES string of the molecule is CC(C)C(C)S(=O)C(C)C(=O)O. The zero-order chi connectivity index (χ0) is 9.89. The molecule has 0 bridgehead atoms. The van der Waals surface area contributed by atoms with Gasteiger partial charge in [0.1, 0.15) is 5.25 Å². The quantitative estimate of drug-likeness (QED) is 0.729. The van der Waals surface area contributed by atoms with E-state index >= 15 is 0 Å². The number of carboxylic acid groups (broad SMARTS) is 1. The van der Waals surface area contributed by atoms with Crippen LogP contribution in [0.4, 0.5) is 0 Å². The van der Waals surface area contributed by atoms with Gasteiger partial charge in [0.2, 0.25) is 0 Å². The van der Waals surface area contributed by atoms with Gasteiger partial charge in [-0.3, -0.25) is 9.00 Å². The second-order valence-electron chi connectivity index (χ2n) is 3.26. The fourth-order valence-electron chi connectivity index (χ4n) is 0.690. The highest BCUT2D eigenvalue weighted by molar-refractivity contribution is 7.87. The van der Waals surface area contributed by atoms with Crippen molar-refractivity contribution in [2.45, 2.75) is 38.2 Å². The molecule has 0 aromatic rings. The summed E-state index contributed by atoms with van der Waals surface area (Å²) in [7, 11) is -1.27. The van der Waals surface area contributed by atoms with Gasteiger partial charge in [0.15, 0.2) is 0 Å². The van der Waals surface area contributed by atoms with E-state index in [1.54, 1.807) is 0 Å². The summed E-state index contributed by atoms with van der Waals surface area (Å²) < 4.78 is 11.5. The molecule has 0 saturated heterocycles. The van der Waals surface area contributed by atoms with Crippen molar-refractivity contribution in [3.8, 4) is 0 Å². The van der Waals surface area contributed by atoms with E-state index in [2.05, 4.69) is 0 Å². The normalized spacial score (nSPS) is 18.8. The molecule has 0 amide bonds. The molecular weight excluding hydrogens is 176 g/mol. The molecule has 72 valence electrons. The smallest absolute Gasteiger partial charge is 0.318 e. The van der Waals surface area contributed by atoms with Crippen molar-refractivity contribution in [3.63, 3.8) is 0 Å². The Morgan fingerprint density at radius 3 is 1.92 bits per heavy atom. The van der Waals surface area contributed by atoms with E-state index in [9.17, 15) is 9.00 Å². The second kappa shape index (κ2) is 4.60. The van der Waals surface area contributed by atoms with Gasteiger partial charge in [-0.25, -0.2) is 0 Å². The maximum atomic E-state index is 11.5. The second-order valence-corrected chi connectivity index (χ2v) is 5.37. The maximum Gasteiger partial charge on any atom is 0.318 e. The molecule has 12 heavy (non-hydrogen) atoms. The average Bonchev–Trinajstić information content (AvgIpc) is 2.00. The minimum atomic E-state index is -1.27. The Hall–Kier alpha value is -0.380. The number of hydrogen-bond acceptors (Lipinski definition) is 2. The van der Waals surface area contributed by atoms with Crippen LogP contribution in [0.2, 0.25) is 0 Å². The van der Waals surface area contributed by atoms with Gasteiger partial charge in [0, 0.05) is 16.0 Å². The van der Waals surface area contributed by atoms with Crippen molar-refractivity contribution in [3.05, 3.63) is 0 Å². The van der Waals surface area contributed by atoms with Crippen LogP contribution in [-0.4, -0.2) is 25.8 Å². The first-order chi connectivity index (χ1) is 5.37. The molecule has 0 heterocycles. The maximum absolute atomic E-state index is 11.5. The van der Waals surface area contributed by atoms with Crippen LogP contribution >= 0.6 is 0 Å². The summed E-state index contributed by atoms with van der Waals surface area (Å²) in [5, 5.41) is 7.77. The Morgan fingerprint density at radius 1 is 1.25 bits per heavy atom. The van der Waals surface area contributed by atoms with Crippen LogP contribution in [0.5, 0.6) is 0 Å². The highest BCUT2D eigenvalue weighted by Gasteiger charge is 2.25. The molecule has 1 N–H and O–H groups in total. The van der Waals surface area contributed by atoms with Crippen LogP contribution < -0.4 is 0 Å². The molecule has 3 unspecified atom stereocenters. The molecule has 3 nitrogen and oxygen atoms in total. The minimum Gasteiger partial charge on any atom is -0.480 e. The molecule has 0 radical (unpaired) electrons. The summed E-state index contributed by atoms with van der Waals surface area (Å²) in [6, 6.07) is 0. The van der Waals surface area contributed by atoms with E-state index in [1.807, 2.05) is 20.8 Å². The van der Waals surface area contributed by atoms with Gasteiger partial charge in [-0.1, -0.05) is 20.8 Å². The molecule has 4 heteroatoms. The third-order valence-corrected chi connectivity index (χ3v) is 4.18. The zero-order valence-corrected chi connectivity index (χ0v) is 8.72. The third kappa shape index (κ3) is 2.93. The average molecular weight is 192 g/mol. The monoisotopic (exact) mass is 192 g/mol. The highest BCUT2D eigenvalue weighted by atomic mass is 32.2. The summed E-state index contributed by atoms with van der Waals surface area (Å²) in [6.07, 6.45) is 0. The summed E-state index contributed by atoms with van der Waals surface area (Å²) >= 11 is 0.